The molecule has 0 fully saturated rings. The number of benzene rings is 1. The van der Waals surface area contributed by atoms with Crippen molar-refractivity contribution in [2.75, 3.05) is 19.4 Å². The zero-order valence-electron chi connectivity index (χ0n) is 14.1. The maximum Gasteiger partial charge on any atom is 0.254 e. The molecule has 1 aliphatic rings. The normalized spacial score (nSPS) is 18.3. The highest BCUT2D eigenvalue weighted by atomic mass is 16.2. The van der Waals surface area contributed by atoms with E-state index in [4.69, 9.17) is 0 Å². The Labute approximate surface area is 137 Å². The van der Waals surface area contributed by atoms with Gasteiger partial charge in [0.25, 0.3) is 5.91 Å². The van der Waals surface area contributed by atoms with Crippen molar-refractivity contribution < 1.29 is 4.79 Å². The minimum atomic E-state index is -0.0311. The van der Waals surface area contributed by atoms with Crippen molar-refractivity contribution in [3.05, 3.63) is 59.3 Å². The zero-order valence-corrected chi connectivity index (χ0v) is 14.1. The van der Waals surface area contributed by atoms with E-state index in [0.29, 0.717) is 5.56 Å². The molecule has 1 unspecified atom stereocenters. The fourth-order valence-electron chi connectivity index (χ4n) is 3.32. The van der Waals surface area contributed by atoms with Gasteiger partial charge >= 0.3 is 0 Å². The van der Waals surface area contributed by atoms with Crippen molar-refractivity contribution in [2.24, 2.45) is 0 Å². The highest BCUT2D eigenvalue weighted by Gasteiger charge is 2.36. The van der Waals surface area contributed by atoms with Crippen molar-refractivity contribution >= 4 is 11.7 Å². The molecule has 1 atom stereocenters. The first-order valence-electron chi connectivity index (χ1n) is 7.92. The molecule has 120 valence electrons. The summed E-state index contributed by atoms with van der Waals surface area (Å²) in [5.74, 6) is 0.772. The second-order valence-electron chi connectivity index (χ2n) is 7.00. The van der Waals surface area contributed by atoms with Crippen LogP contribution in [-0.2, 0) is 5.41 Å². The van der Waals surface area contributed by atoms with E-state index in [9.17, 15) is 4.79 Å². The van der Waals surface area contributed by atoms with Gasteiger partial charge in [0.1, 0.15) is 5.82 Å². The van der Waals surface area contributed by atoms with Crippen LogP contribution in [-0.4, -0.2) is 29.9 Å². The van der Waals surface area contributed by atoms with Crippen LogP contribution in [0.4, 0.5) is 5.82 Å². The molecule has 4 nitrogen and oxygen atoms in total. The van der Waals surface area contributed by atoms with Crippen molar-refractivity contribution in [1.29, 1.82) is 0 Å². The Bertz CT molecular complexity index is 720. The molecule has 1 aromatic carbocycles. The van der Waals surface area contributed by atoms with Gasteiger partial charge < -0.3 is 10.2 Å². The molecular formula is C19H23N3O. The molecule has 0 saturated carbocycles. The van der Waals surface area contributed by atoms with Crippen molar-refractivity contribution in [3.8, 4) is 0 Å². The lowest BCUT2D eigenvalue weighted by molar-refractivity contribution is 0.0827. The Kier molecular flexibility index (Phi) is 3.84. The Hall–Kier alpha value is -2.36. The van der Waals surface area contributed by atoms with Crippen LogP contribution in [0.2, 0.25) is 0 Å². The van der Waals surface area contributed by atoms with Crippen LogP contribution in [0.1, 0.15) is 47.8 Å². The molecule has 1 aromatic heterocycles. The molecule has 1 N–H and O–H groups in total. The molecule has 0 spiro atoms. The van der Waals surface area contributed by atoms with Gasteiger partial charge in [-0.25, -0.2) is 4.98 Å². The second-order valence-corrected chi connectivity index (χ2v) is 7.00. The maximum absolute atomic E-state index is 11.9. The number of nitrogens with zero attached hydrogens (tertiary/aromatic N) is 2. The third-order valence-corrected chi connectivity index (χ3v) is 4.52. The summed E-state index contributed by atoms with van der Waals surface area (Å²) in [6, 6.07) is 12.5. The molecule has 23 heavy (non-hydrogen) atoms. The van der Waals surface area contributed by atoms with E-state index < -0.39 is 0 Å². The topological polar surface area (TPSA) is 45.2 Å². The summed E-state index contributed by atoms with van der Waals surface area (Å²) in [7, 11) is 3.48. The third-order valence-electron chi connectivity index (χ3n) is 4.52. The largest absolute Gasteiger partial charge is 0.363 e. The number of amides is 1. The van der Waals surface area contributed by atoms with Gasteiger partial charge in [-0.2, -0.15) is 0 Å². The Morgan fingerprint density at radius 2 is 1.96 bits per heavy atom. The summed E-state index contributed by atoms with van der Waals surface area (Å²) in [5.41, 5.74) is 3.51. The van der Waals surface area contributed by atoms with Gasteiger partial charge in [-0.05, 0) is 35.1 Å². The third kappa shape index (κ3) is 2.93. The van der Waals surface area contributed by atoms with Gasteiger partial charge in [-0.3, -0.25) is 4.79 Å². The first-order valence-corrected chi connectivity index (χ1v) is 7.92. The van der Waals surface area contributed by atoms with Crippen molar-refractivity contribution in [1.82, 2.24) is 9.88 Å². The number of hydrogen-bond acceptors (Lipinski definition) is 3. The number of carbonyl (C=O) groups is 1. The number of nitrogens with one attached hydrogen (secondary N) is 1. The molecule has 3 rings (SSSR count). The van der Waals surface area contributed by atoms with Crippen LogP contribution in [0.3, 0.4) is 0 Å². The number of pyridine rings is 1. The lowest BCUT2D eigenvalue weighted by Crippen LogP contribution is -2.21. The fraction of sp³-hybridized carbons (Fsp3) is 0.368. The number of anilines is 1. The highest BCUT2D eigenvalue weighted by molar-refractivity contribution is 5.93. The van der Waals surface area contributed by atoms with E-state index in [0.717, 1.165) is 12.2 Å². The van der Waals surface area contributed by atoms with Crippen LogP contribution in [0.5, 0.6) is 0 Å². The van der Waals surface area contributed by atoms with Gasteiger partial charge in [0, 0.05) is 20.3 Å². The van der Waals surface area contributed by atoms with Crippen LogP contribution in [0.15, 0.2) is 42.6 Å². The predicted octanol–water partition coefficient (Wildman–Crippen LogP) is 3.62. The van der Waals surface area contributed by atoms with Crippen LogP contribution >= 0.6 is 0 Å². The summed E-state index contributed by atoms with van der Waals surface area (Å²) < 4.78 is 0. The van der Waals surface area contributed by atoms with Gasteiger partial charge in [0.2, 0.25) is 0 Å². The van der Waals surface area contributed by atoms with Crippen LogP contribution < -0.4 is 5.32 Å². The van der Waals surface area contributed by atoms with E-state index in [1.165, 1.54) is 11.1 Å². The van der Waals surface area contributed by atoms with E-state index in [1.807, 2.05) is 12.1 Å². The van der Waals surface area contributed by atoms with Gasteiger partial charge in [0.05, 0.1) is 11.6 Å². The molecule has 1 amide bonds. The second kappa shape index (κ2) is 5.69. The van der Waals surface area contributed by atoms with E-state index in [-0.39, 0.29) is 17.4 Å². The molecule has 1 heterocycles. The number of aromatic nitrogens is 1. The smallest absolute Gasteiger partial charge is 0.254 e. The molecule has 2 aromatic rings. The monoisotopic (exact) mass is 309 g/mol. The van der Waals surface area contributed by atoms with Crippen LogP contribution in [0, 0.1) is 0 Å². The summed E-state index contributed by atoms with van der Waals surface area (Å²) >= 11 is 0. The Balaban J connectivity index is 1.80. The molecule has 0 bridgehead atoms. The Morgan fingerprint density at radius 1 is 1.22 bits per heavy atom. The number of fused-ring (bicyclic) bond motifs is 1. The standard InChI is InChI=1S/C19H23N3O/c1-19(2)11-16(14-7-5-6-8-15(14)19)21-17-10-9-13(12-20-17)18(23)22(3)4/h5-10,12,16H,11H2,1-4H3,(H,20,21). The maximum atomic E-state index is 11.9. The summed E-state index contributed by atoms with van der Waals surface area (Å²) in [6.07, 6.45) is 2.67. The highest BCUT2D eigenvalue weighted by Crippen LogP contribution is 2.45. The predicted molar refractivity (Wildman–Crippen MR) is 92.7 cm³/mol. The van der Waals surface area contributed by atoms with Crippen molar-refractivity contribution in [2.45, 2.75) is 31.7 Å². The molecule has 0 saturated heterocycles. The lowest BCUT2D eigenvalue weighted by Gasteiger charge is -2.19. The van der Waals surface area contributed by atoms with E-state index >= 15 is 0 Å². The van der Waals surface area contributed by atoms with E-state index in [2.05, 4.69) is 48.4 Å². The first kappa shape index (κ1) is 15.5. The number of carbonyl (C=O) groups excluding carboxylic acids is 1. The summed E-state index contributed by atoms with van der Waals surface area (Å²) in [6.45, 7) is 4.56. The number of rotatable bonds is 3. The Morgan fingerprint density at radius 3 is 2.61 bits per heavy atom. The fourth-order valence-corrected chi connectivity index (χ4v) is 3.32. The van der Waals surface area contributed by atoms with E-state index in [1.54, 1.807) is 25.2 Å². The molecular weight excluding hydrogens is 286 g/mol. The average Bonchev–Trinajstić information content (AvgIpc) is 2.79. The SMILES string of the molecule is CN(C)C(=O)c1ccc(NC2CC(C)(C)c3ccccc32)nc1. The van der Waals surface area contributed by atoms with Gasteiger partial charge in [-0.15, -0.1) is 0 Å². The molecule has 1 aliphatic carbocycles. The number of hydrogen-bond donors (Lipinski definition) is 1. The summed E-state index contributed by atoms with van der Waals surface area (Å²) in [5, 5.41) is 3.51. The quantitative estimate of drug-likeness (QED) is 0.942. The minimum Gasteiger partial charge on any atom is -0.363 e. The molecule has 4 heteroatoms. The zero-order chi connectivity index (χ0) is 16.6. The van der Waals surface area contributed by atoms with Gasteiger partial charge in [0.15, 0.2) is 0 Å². The lowest BCUT2D eigenvalue weighted by atomic mass is 9.86. The summed E-state index contributed by atoms with van der Waals surface area (Å²) in [4.78, 5) is 17.9. The van der Waals surface area contributed by atoms with Crippen molar-refractivity contribution in [3.63, 3.8) is 0 Å². The minimum absolute atomic E-state index is 0.0311. The van der Waals surface area contributed by atoms with Crippen LogP contribution in [0.25, 0.3) is 0 Å². The average molecular weight is 309 g/mol. The van der Waals surface area contributed by atoms with Gasteiger partial charge in [-0.1, -0.05) is 38.1 Å². The molecule has 0 radical (unpaired) electrons. The molecule has 0 aliphatic heterocycles. The first-order chi connectivity index (χ1) is 10.9.